The lowest BCUT2D eigenvalue weighted by Crippen LogP contribution is -2.40. The van der Waals surface area contributed by atoms with Crippen LogP contribution in [-0.4, -0.2) is 18.9 Å². The van der Waals surface area contributed by atoms with Gasteiger partial charge in [-0.3, -0.25) is 0 Å². The lowest BCUT2D eigenvalue weighted by molar-refractivity contribution is 0.491. The van der Waals surface area contributed by atoms with Crippen molar-refractivity contribution in [2.45, 2.75) is 31.2 Å². The van der Waals surface area contributed by atoms with Crippen LogP contribution in [0.25, 0.3) is 10.4 Å². The molecule has 0 spiro atoms. The van der Waals surface area contributed by atoms with E-state index in [1.807, 2.05) is 17.2 Å². The zero-order valence-corrected chi connectivity index (χ0v) is 17.5. The third kappa shape index (κ3) is 4.61. The summed E-state index contributed by atoms with van der Waals surface area (Å²) in [6, 6.07) is 4.86. The molecular formula is C19H23N5O2S2. The fourth-order valence-electron chi connectivity index (χ4n) is 2.58. The molecule has 1 aromatic carbocycles. The van der Waals surface area contributed by atoms with Crippen LogP contribution in [0.3, 0.4) is 0 Å². The summed E-state index contributed by atoms with van der Waals surface area (Å²) in [7, 11) is -3.77. The Hall–Kier alpha value is -2.62. The molecule has 0 atom stereocenters. The van der Waals surface area contributed by atoms with E-state index < -0.39 is 15.6 Å². The number of aromatic nitrogens is 1. The monoisotopic (exact) mass is 417 g/mol. The second-order valence-electron chi connectivity index (χ2n) is 7.35. The van der Waals surface area contributed by atoms with Crippen LogP contribution >= 0.6 is 11.3 Å². The highest BCUT2D eigenvalue weighted by Gasteiger charge is 2.26. The van der Waals surface area contributed by atoms with Gasteiger partial charge in [-0.25, -0.2) is 18.1 Å². The molecule has 1 aliphatic heterocycles. The third-order valence-corrected chi connectivity index (χ3v) is 6.52. The first-order valence-corrected chi connectivity index (χ1v) is 10.9. The van der Waals surface area contributed by atoms with Crippen molar-refractivity contribution in [3.05, 3.63) is 60.7 Å². The quantitative estimate of drug-likeness (QED) is 0.659. The Bertz CT molecular complexity index is 1080. The van der Waals surface area contributed by atoms with Crippen LogP contribution in [-0.2, 0) is 10.0 Å². The number of nitrogens with two attached hydrogens (primary N) is 2. The first-order chi connectivity index (χ1) is 13.0. The molecule has 9 heteroatoms. The van der Waals surface area contributed by atoms with Gasteiger partial charge < -0.3 is 16.4 Å². The Balaban J connectivity index is 2.02. The summed E-state index contributed by atoms with van der Waals surface area (Å²) in [5.41, 5.74) is 12.6. The fourth-order valence-corrected chi connectivity index (χ4v) is 5.24. The van der Waals surface area contributed by atoms with Crippen molar-refractivity contribution in [2.75, 3.05) is 10.6 Å². The van der Waals surface area contributed by atoms with E-state index in [2.05, 4.69) is 9.71 Å². The van der Waals surface area contributed by atoms with E-state index in [9.17, 15) is 8.42 Å². The van der Waals surface area contributed by atoms with Crippen molar-refractivity contribution in [1.29, 1.82) is 0 Å². The third-order valence-electron chi connectivity index (χ3n) is 3.68. The maximum atomic E-state index is 12.9. The number of hydrogen-bond acceptors (Lipinski definition) is 7. The van der Waals surface area contributed by atoms with E-state index in [0.29, 0.717) is 22.1 Å². The SMILES string of the molecule is CC(C)(C)NS(=O)(=O)c1cc(N)ccc1-c1cnc(N2C=CC=C(N)C=C2)s1. The lowest BCUT2D eigenvalue weighted by Gasteiger charge is -2.21. The van der Waals surface area contributed by atoms with E-state index in [1.54, 1.807) is 57.5 Å². The van der Waals surface area contributed by atoms with Crippen LogP contribution < -0.4 is 21.1 Å². The fraction of sp³-hybridized carbons (Fsp3) is 0.211. The largest absolute Gasteiger partial charge is 0.399 e. The molecule has 2 heterocycles. The summed E-state index contributed by atoms with van der Waals surface area (Å²) in [6.45, 7) is 5.37. The van der Waals surface area contributed by atoms with Crippen molar-refractivity contribution >= 4 is 32.2 Å². The maximum Gasteiger partial charge on any atom is 0.241 e. The molecule has 0 amide bonds. The van der Waals surface area contributed by atoms with Gasteiger partial charge in [0.15, 0.2) is 5.13 Å². The van der Waals surface area contributed by atoms with E-state index in [1.165, 1.54) is 17.4 Å². The molecule has 148 valence electrons. The van der Waals surface area contributed by atoms with Gasteiger partial charge in [-0.15, -0.1) is 0 Å². The normalized spacial score (nSPS) is 14.8. The van der Waals surface area contributed by atoms with Gasteiger partial charge in [-0.05, 0) is 51.1 Å². The van der Waals surface area contributed by atoms with Gasteiger partial charge >= 0.3 is 0 Å². The molecule has 1 aromatic heterocycles. The van der Waals surface area contributed by atoms with Gasteiger partial charge in [0.2, 0.25) is 10.0 Å². The molecule has 0 bridgehead atoms. The summed E-state index contributed by atoms with van der Waals surface area (Å²) < 4.78 is 28.6. The maximum absolute atomic E-state index is 12.9. The summed E-state index contributed by atoms with van der Waals surface area (Å²) >= 11 is 1.37. The molecule has 0 aliphatic carbocycles. The molecule has 28 heavy (non-hydrogen) atoms. The van der Waals surface area contributed by atoms with Crippen LogP contribution in [0.5, 0.6) is 0 Å². The van der Waals surface area contributed by atoms with Crippen LogP contribution in [0.1, 0.15) is 20.8 Å². The van der Waals surface area contributed by atoms with E-state index in [-0.39, 0.29) is 4.90 Å². The van der Waals surface area contributed by atoms with Crippen molar-refractivity contribution < 1.29 is 8.42 Å². The topological polar surface area (TPSA) is 114 Å². The van der Waals surface area contributed by atoms with Gasteiger partial charge in [0.25, 0.3) is 0 Å². The highest BCUT2D eigenvalue weighted by molar-refractivity contribution is 7.89. The number of hydrogen-bond donors (Lipinski definition) is 3. The number of benzene rings is 1. The smallest absolute Gasteiger partial charge is 0.241 e. The molecular weight excluding hydrogens is 394 g/mol. The number of allylic oxidation sites excluding steroid dienone is 3. The summed E-state index contributed by atoms with van der Waals surface area (Å²) in [5, 5.41) is 0.689. The average Bonchev–Trinajstić information content (AvgIpc) is 2.95. The van der Waals surface area contributed by atoms with Crippen molar-refractivity contribution in [1.82, 2.24) is 9.71 Å². The summed E-state index contributed by atoms with van der Waals surface area (Å²) in [5.74, 6) is 0. The number of rotatable bonds is 4. The molecule has 0 saturated heterocycles. The Morgan fingerprint density at radius 2 is 1.93 bits per heavy atom. The van der Waals surface area contributed by atoms with Crippen molar-refractivity contribution in [3.8, 4) is 10.4 Å². The Morgan fingerprint density at radius 3 is 2.64 bits per heavy atom. The molecule has 3 rings (SSSR count). The van der Waals surface area contributed by atoms with Crippen LogP contribution in [0.15, 0.2) is 65.6 Å². The number of nitrogens with one attached hydrogen (secondary N) is 1. The molecule has 0 saturated carbocycles. The first-order valence-electron chi connectivity index (χ1n) is 8.55. The van der Waals surface area contributed by atoms with Crippen LogP contribution in [0, 0.1) is 0 Å². The van der Waals surface area contributed by atoms with Gasteiger partial charge in [0.1, 0.15) is 0 Å². The number of anilines is 2. The lowest BCUT2D eigenvalue weighted by atomic mass is 10.1. The summed E-state index contributed by atoms with van der Waals surface area (Å²) in [6.07, 6.45) is 10.7. The highest BCUT2D eigenvalue weighted by atomic mass is 32.2. The van der Waals surface area contributed by atoms with E-state index in [4.69, 9.17) is 11.5 Å². The van der Waals surface area contributed by atoms with Gasteiger partial charge in [-0.2, -0.15) is 0 Å². The summed E-state index contributed by atoms with van der Waals surface area (Å²) in [4.78, 5) is 7.11. The second kappa shape index (κ2) is 7.42. The van der Waals surface area contributed by atoms with Crippen molar-refractivity contribution in [2.24, 2.45) is 5.73 Å². The molecule has 0 fully saturated rings. The number of nitrogen functional groups attached to an aromatic ring is 1. The molecule has 1 aliphatic rings. The van der Waals surface area contributed by atoms with Crippen LogP contribution in [0.4, 0.5) is 10.8 Å². The van der Waals surface area contributed by atoms with E-state index in [0.717, 1.165) is 4.88 Å². The van der Waals surface area contributed by atoms with Crippen LogP contribution in [0.2, 0.25) is 0 Å². The van der Waals surface area contributed by atoms with Gasteiger partial charge in [-0.1, -0.05) is 17.4 Å². The van der Waals surface area contributed by atoms with E-state index >= 15 is 0 Å². The predicted molar refractivity (Wildman–Crippen MR) is 115 cm³/mol. The Morgan fingerprint density at radius 1 is 1.18 bits per heavy atom. The number of nitrogens with zero attached hydrogens (tertiary/aromatic N) is 2. The highest BCUT2D eigenvalue weighted by Crippen LogP contribution is 2.36. The zero-order chi connectivity index (χ0) is 20.5. The minimum absolute atomic E-state index is 0.130. The molecule has 0 unspecified atom stereocenters. The van der Waals surface area contributed by atoms with Crippen molar-refractivity contribution in [3.63, 3.8) is 0 Å². The average molecular weight is 418 g/mol. The molecule has 0 radical (unpaired) electrons. The molecule has 5 N–H and O–H groups in total. The predicted octanol–water partition coefficient (Wildman–Crippen LogP) is 3.16. The van der Waals surface area contributed by atoms with Gasteiger partial charge in [0.05, 0.1) is 9.77 Å². The first kappa shape index (κ1) is 20.1. The molecule has 7 nitrogen and oxygen atoms in total. The standard InChI is InChI=1S/C19H23N5O2S2/c1-19(2,3)23-28(25,26)17-11-14(21)6-7-15(17)16-12-22-18(27-16)24-9-4-5-13(20)8-10-24/h4-12,23H,20-21H2,1-3H3. The number of sulfonamides is 1. The van der Waals surface area contributed by atoms with Gasteiger partial charge in [0, 0.05) is 41.1 Å². The number of thiazole rings is 1. The minimum Gasteiger partial charge on any atom is -0.399 e. The molecule has 2 aromatic rings. The second-order valence-corrected chi connectivity index (χ2v) is 10.0. The Labute approximate surface area is 169 Å². The zero-order valence-electron chi connectivity index (χ0n) is 15.9. The Kier molecular flexibility index (Phi) is 5.33. The minimum atomic E-state index is -3.77.